The van der Waals surface area contributed by atoms with Crippen molar-refractivity contribution in [2.75, 3.05) is 0 Å². The van der Waals surface area contributed by atoms with E-state index in [0.29, 0.717) is 17.6 Å². The van der Waals surface area contributed by atoms with Crippen molar-refractivity contribution in [3.8, 4) is 51.2 Å². The first-order chi connectivity index (χ1) is 28.8. The molecule has 6 heterocycles. The third kappa shape index (κ3) is 4.97. The number of aromatic nitrogens is 7. The molecule has 0 spiro atoms. The average Bonchev–Trinajstić information content (AvgIpc) is 3.86. The molecule has 0 bridgehead atoms. The van der Waals surface area contributed by atoms with Gasteiger partial charge in [0.05, 0.1) is 39.0 Å². The zero-order chi connectivity index (χ0) is 38.2. The highest BCUT2D eigenvalue weighted by Gasteiger charge is 2.22. The number of hydrogen-bond donors (Lipinski definition) is 0. The Balaban J connectivity index is 1.17. The Labute approximate surface area is 332 Å². The van der Waals surface area contributed by atoms with Crippen LogP contribution in [0.5, 0.6) is 0 Å². The molecule has 0 radical (unpaired) electrons. The van der Waals surface area contributed by atoms with Crippen LogP contribution in [0, 0.1) is 0 Å². The molecule has 0 fully saturated rings. The summed E-state index contributed by atoms with van der Waals surface area (Å²) in [5.74, 6) is 1.67. The van der Waals surface area contributed by atoms with E-state index < -0.39 is 0 Å². The minimum atomic E-state index is 0.536. The summed E-state index contributed by atoms with van der Waals surface area (Å²) in [4.78, 5) is 25.1. The molecule has 6 aromatic heterocycles. The van der Waals surface area contributed by atoms with Gasteiger partial charge in [0.15, 0.2) is 11.6 Å². The predicted molar refractivity (Wildman–Crippen MR) is 235 cm³/mol. The van der Waals surface area contributed by atoms with Gasteiger partial charge >= 0.3 is 0 Å². The highest BCUT2D eigenvalue weighted by Crippen LogP contribution is 2.42. The molecule has 6 aromatic carbocycles. The van der Waals surface area contributed by atoms with Crippen LogP contribution in [0.3, 0.4) is 0 Å². The predicted octanol–water partition coefficient (Wildman–Crippen LogP) is 12.1. The van der Waals surface area contributed by atoms with Crippen LogP contribution in [-0.4, -0.2) is 33.9 Å². The normalized spacial score (nSPS) is 11.8. The van der Waals surface area contributed by atoms with Crippen LogP contribution in [-0.2, 0) is 0 Å². The van der Waals surface area contributed by atoms with Gasteiger partial charge in [-0.1, -0.05) is 109 Å². The van der Waals surface area contributed by atoms with Crippen molar-refractivity contribution in [3.05, 3.63) is 188 Å². The molecule has 0 N–H and O–H groups in total. The van der Waals surface area contributed by atoms with Crippen molar-refractivity contribution in [1.82, 2.24) is 33.9 Å². The Hall–Kier alpha value is -8.03. The van der Waals surface area contributed by atoms with Crippen molar-refractivity contribution in [2.45, 2.75) is 0 Å². The average molecular weight is 742 g/mol. The van der Waals surface area contributed by atoms with Gasteiger partial charge in [0, 0.05) is 61.6 Å². The van der Waals surface area contributed by atoms with E-state index in [9.17, 15) is 0 Å². The van der Waals surface area contributed by atoms with Crippen molar-refractivity contribution < 1.29 is 0 Å². The molecule has 0 aliphatic heterocycles. The number of rotatable bonds is 5. The summed E-state index contributed by atoms with van der Waals surface area (Å²) in [5.41, 5.74) is 11.0. The lowest BCUT2D eigenvalue weighted by Crippen LogP contribution is -2.06. The first kappa shape index (κ1) is 32.2. The smallest absolute Gasteiger partial charge is 0.238 e. The lowest BCUT2D eigenvalue weighted by atomic mass is 10.00. The first-order valence-corrected chi connectivity index (χ1v) is 19.3. The number of para-hydroxylation sites is 3. The van der Waals surface area contributed by atoms with Gasteiger partial charge in [-0.25, -0.2) is 4.98 Å². The lowest BCUT2D eigenvalue weighted by Gasteiger charge is -2.13. The van der Waals surface area contributed by atoms with Crippen molar-refractivity contribution in [2.24, 2.45) is 0 Å². The monoisotopic (exact) mass is 741 g/mol. The maximum atomic E-state index is 5.32. The van der Waals surface area contributed by atoms with Gasteiger partial charge in [0.25, 0.3) is 0 Å². The minimum Gasteiger partial charge on any atom is -0.309 e. The lowest BCUT2D eigenvalue weighted by molar-refractivity contribution is 0.953. The van der Waals surface area contributed by atoms with Crippen LogP contribution in [0.4, 0.5) is 0 Å². The van der Waals surface area contributed by atoms with Gasteiger partial charge in [-0.3, -0.25) is 14.5 Å². The number of nitrogens with zero attached hydrogens (tertiary/aromatic N) is 7. The van der Waals surface area contributed by atoms with Crippen LogP contribution in [0.25, 0.3) is 111 Å². The summed E-state index contributed by atoms with van der Waals surface area (Å²) in [6.07, 6.45) is 3.63. The van der Waals surface area contributed by atoms with Crippen molar-refractivity contribution >= 4 is 59.9 Å². The largest absolute Gasteiger partial charge is 0.309 e. The Morgan fingerprint density at radius 2 is 0.914 bits per heavy atom. The van der Waals surface area contributed by atoms with E-state index in [4.69, 9.17) is 15.0 Å². The molecule has 7 nitrogen and oxygen atoms in total. The zero-order valence-corrected chi connectivity index (χ0v) is 31.0. The Kier molecular flexibility index (Phi) is 7.09. The molecule has 270 valence electrons. The molecule has 0 saturated heterocycles. The maximum absolute atomic E-state index is 5.32. The van der Waals surface area contributed by atoms with Crippen molar-refractivity contribution in [3.63, 3.8) is 0 Å². The summed E-state index contributed by atoms with van der Waals surface area (Å²) in [5, 5.41) is 7.09. The van der Waals surface area contributed by atoms with Gasteiger partial charge < -0.3 is 4.40 Å². The summed E-state index contributed by atoms with van der Waals surface area (Å²) >= 11 is 0. The maximum Gasteiger partial charge on any atom is 0.238 e. The molecule has 58 heavy (non-hydrogen) atoms. The summed E-state index contributed by atoms with van der Waals surface area (Å²) < 4.78 is 4.62. The third-order valence-corrected chi connectivity index (χ3v) is 11.2. The summed E-state index contributed by atoms with van der Waals surface area (Å²) in [6.45, 7) is 0. The molecule has 0 saturated carbocycles. The van der Waals surface area contributed by atoms with Crippen molar-refractivity contribution in [1.29, 1.82) is 0 Å². The van der Waals surface area contributed by atoms with Crippen LogP contribution < -0.4 is 0 Å². The van der Waals surface area contributed by atoms with Gasteiger partial charge in [-0.2, -0.15) is 9.97 Å². The van der Waals surface area contributed by atoms with Gasteiger partial charge in [0.2, 0.25) is 5.95 Å². The number of benzene rings is 6. The minimum absolute atomic E-state index is 0.536. The third-order valence-electron chi connectivity index (χ3n) is 11.2. The topological polar surface area (TPSA) is 73.8 Å². The fourth-order valence-electron chi connectivity index (χ4n) is 8.69. The molecule has 0 aliphatic rings. The molecule has 0 atom stereocenters. The van der Waals surface area contributed by atoms with Gasteiger partial charge in [-0.15, -0.1) is 0 Å². The van der Waals surface area contributed by atoms with Crippen LogP contribution in [0.15, 0.2) is 188 Å². The molecular formula is C51H31N7. The van der Waals surface area contributed by atoms with E-state index in [-0.39, 0.29) is 0 Å². The molecule has 12 rings (SSSR count). The number of fused-ring (bicyclic) bond motifs is 12. The highest BCUT2D eigenvalue weighted by atomic mass is 15.2. The van der Waals surface area contributed by atoms with Crippen LogP contribution in [0.2, 0.25) is 0 Å². The van der Waals surface area contributed by atoms with E-state index in [0.717, 1.165) is 61.0 Å². The summed E-state index contributed by atoms with van der Waals surface area (Å²) in [7, 11) is 0. The molecule has 0 aliphatic carbocycles. The van der Waals surface area contributed by atoms with Crippen LogP contribution >= 0.6 is 0 Å². The molecule has 12 aromatic rings. The van der Waals surface area contributed by atoms with E-state index >= 15 is 0 Å². The first-order valence-electron chi connectivity index (χ1n) is 19.3. The SMILES string of the molecule is c1ccc(-c2cccc(-c3nc(-c4cccc(-c5ccccn5)c4)nc(-n4c5ccccc5c5c6c(ccc54)c4ccccc4n4c5ccccc5cc64)n3)c2)nc1. The Morgan fingerprint density at radius 1 is 0.345 bits per heavy atom. The molecule has 0 unspecified atom stereocenters. The Morgan fingerprint density at radius 3 is 1.59 bits per heavy atom. The quantitative estimate of drug-likeness (QED) is 0.164. The molecule has 7 heteroatoms. The van der Waals surface area contributed by atoms with E-state index in [1.807, 2.05) is 60.9 Å². The standard InChI is InChI=1S/C51H31N7/c1-4-22-42-34(13-1)31-46-47-38(37-18-2-5-23-43(37)57(42)46)25-26-45-48(47)39-19-3-6-24-44(39)58(45)51-55-49(35-16-11-14-32(29-35)40-20-7-9-27-52-40)54-50(56-51)36-17-12-15-33(30-36)41-21-8-10-28-53-41/h1-31H. The fraction of sp³-hybridized carbons (Fsp3) is 0. The number of pyridine rings is 3. The Bertz CT molecular complexity index is 3470. The highest BCUT2D eigenvalue weighted by molar-refractivity contribution is 6.30. The molecular weight excluding hydrogens is 711 g/mol. The van der Waals surface area contributed by atoms with Gasteiger partial charge in [0.1, 0.15) is 0 Å². The second kappa shape index (κ2) is 12.8. The van der Waals surface area contributed by atoms with E-state index in [1.165, 1.54) is 32.6 Å². The van der Waals surface area contributed by atoms with E-state index in [1.54, 1.807) is 0 Å². The zero-order valence-electron chi connectivity index (χ0n) is 31.0. The molecule has 0 amide bonds. The second-order valence-electron chi connectivity index (χ2n) is 14.5. The second-order valence-corrected chi connectivity index (χ2v) is 14.5. The van der Waals surface area contributed by atoms with Gasteiger partial charge in [-0.05, 0) is 72.1 Å². The number of hydrogen-bond acceptors (Lipinski definition) is 5. The fourth-order valence-corrected chi connectivity index (χ4v) is 8.69. The summed E-state index contributed by atoms with van der Waals surface area (Å²) in [6, 6.07) is 61.2. The van der Waals surface area contributed by atoms with E-state index in [2.05, 4.69) is 146 Å². The van der Waals surface area contributed by atoms with Crippen LogP contribution in [0.1, 0.15) is 0 Å².